The van der Waals surface area contributed by atoms with E-state index in [0.29, 0.717) is 49.2 Å². The average Bonchev–Trinajstić information content (AvgIpc) is 3.46. The van der Waals surface area contributed by atoms with Crippen LogP contribution in [0.5, 0.6) is 23.0 Å². The van der Waals surface area contributed by atoms with Crippen LogP contribution in [0.2, 0.25) is 0 Å². The van der Waals surface area contributed by atoms with Gasteiger partial charge in [-0.2, -0.15) is 0 Å². The number of esters is 1. The Morgan fingerprint density at radius 3 is 2.67 bits per heavy atom. The first-order valence-corrected chi connectivity index (χ1v) is 12.1. The summed E-state index contributed by atoms with van der Waals surface area (Å²) in [5.41, 5.74) is 1.97. The van der Waals surface area contributed by atoms with Crippen LogP contribution in [0.1, 0.15) is 31.0 Å². The molecule has 0 saturated heterocycles. The van der Waals surface area contributed by atoms with Crippen molar-refractivity contribution in [3.63, 3.8) is 0 Å². The topological polar surface area (TPSA) is 97.6 Å². The van der Waals surface area contributed by atoms with E-state index in [1.54, 1.807) is 51.3 Å². The van der Waals surface area contributed by atoms with Gasteiger partial charge in [-0.05, 0) is 55.3 Å². The number of benzene rings is 2. The van der Waals surface area contributed by atoms with Gasteiger partial charge in [0, 0.05) is 0 Å². The van der Waals surface area contributed by atoms with Gasteiger partial charge in [-0.15, -0.1) is 0 Å². The molecule has 0 unspecified atom stereocenters. The van der Waals surface area contributed by atoms with Gasteiger partial charge in [0.2, 0.25) is 6.79 Å². The zero-order valence-electron chi connectivity index (χ0n) is 20.2. The smallest absolute Gasteiger partial charge is 0.338 e. The molecule has 9 nitrogen and oxygen atoms in total. The zero-order valence-corrected chi connectivity index (χ0v) is 21.0. The zero-order chi connectivity index (χ0) is 25.4. The molecule has 0 amide bonds. The number of fused-ring (bicyclic) bond motifs is 2. The normalized spacial score (nSPS) is 16.4. The lowest BCUT2D eigenvalue weighted by Crippen LogP contribution is -2.39. The number of hydrogen-bond acceptors (Lipinski definition) is 9. The Morgan fingerprint density at radius 1 is 1.14 bits per heavy atom. The lowest BCUT2D eigenvalue weighted by Gasteiger charge is -2.25. The largest absolute Gasteiger partial charge is 0.493 e. The number of hydrogen-bond donors (Lipinski definition) is 0. The number of carbonyl (C=O) groups excluding carboxylic acids is 1. The quantitative estimate of drug-likeness (QED) is 0.472. The molecule has 5 rings (SSSR count). The molecule has 0 bridgehead atoms. The maximum Gasteiger partial charge on any atom is 0.338 e. The van der Waals surface area contributed by atoms with Crippen molar-refractivity contribution in [3.8, 4) is 23.0 Å². The Kier molecular flexibility index (Phi) is 6.27. The molecule has 36 heavy (non-hydrogen) atoms. The van der Waals surface area contributed by atoms with Crippen LogP contribution >= 0.6 is 11.3 Å². The molecular formula is C26H24N2O7S. The maximum absolute atomic E-state index is 13.7. The molecule has 0 N–H and O–H groups in total. The van der Waals surface area contributed by atoms with E-state index in [1.807, 2.05) is 12.1 Å². The van der Waals surface area contributed by atoms with Gasteiger partial charge in [0.1, 0.15) is 0 Å². The number of thiazole rings is 1. The minimum atomic E-state index is -0.751. The summed E-state index contributed by atoms with van der Waals surface area (Å²) in [5, 5.41) is 0. The van der Waals surface area contributed by atoms with E-state index in [2.05, 4.69) is 4.99 Å². The highest BCUT2D eigenvalue weighted by Gasteiger charge is 2.34. The van der Waals surface area contributed by atoms with Crippen LogP contribution in [0, 0.1) is 0 Å². The summed E-state index contributed by atoms with van der Waals surface area (Å²) in [5.74, 6) is 1.78. The first-order valence-electron chi connectivity index (χ1n) is 11.3. The molecule has 3 heterocycles. The maximum atomic E-state index is 13.7. The van der Waals surface area contributed by atoms with Crippen molar-refractivity contribution in [1.29, 1.82) is 0 Å². The van der Waals surface area contributed by atoms with Crippen LogP contribution in [0.25, 0.3) is 6.08 Å². The third kappa shape index (κ3) is 4.03. The number of carbonyl (C=O) groups is 1. The summed E-state index contributed by atoms with van der Waals surface area (Å²) in [6, 6.07) is 10.0. The van der Waals surface area contributed by atoms with Crippen LogP contribution in [0.4, 0.5) is 0 Å². The van der Waals surface area contributed by atoms with Crippen molar-refractivity contribution < 1.29 is 28.5 Å². The number of nitrogens with zero attached hydrogens (tertiary/aromatic N) is 2. The van der Waals surface area contributed by atoms with Crippen LogP contribution in [-0.2, 0) is 9.53 Å². The number of allylic oxidation sites excluding steroid dienone is 1. The van der Waals surface area contributed by atoms with Gasteiger partial charge in [-0.3, -0.25) is 9.36 Å². The highest BCUT2D eigenvalue weighted by atomic mass is 32.1. The SMILES string of the molecule is CCOC(=O)C1=C(C)N=c2s/c(=C\c3ccc4c(c3)OCO4)c(=O)n2[C@H]1c1ccc(OC)c(OC)c1. The Bertz CT molecular complexity index is 1570. The summed E-state index contributed by atoms with van der Waals surface area (Å²) in [6.45, 7) is 3.85. The molecule has 2 aromatic carbocycles. The van der Waals surface area contributed by atoms with Crippen molar-refractivity contribution in [3.05, 3.63) is 78.5 Å². The molecule has 1 aromatic heterocycles. The second-order valence-corrected chi connectivity index (χ2v) is 9.04. The number of rotatable bonds is 6. The van der Waals surface area contributed by atoms with Crippen LogP contribution in [0.3, 0.4) is 0 Å². The summed E-state index contributed by atoms with van der Waals surface area (Å²) in [7, 11) is 3.08. The highest BCUT2D eigenvalue weighted by Crippen LogP contribution is 2.36. The van der Waals surface area contributed by atoms with Crippen molar-refractivity contribution in [2.45, 2.75) is 19.9 Å². The van der Waals surface area contributed by atoms with E-state index in [0.717, 1.165) is 5.56 Å². The van der Waals surface area contributed by atoms with Crippen molar-refractivity contribution in [1.82, 2.24) is 4.57 Å². The van der Waals surface area contributed by atoms with Crippen molar-refractivity contribution in [2.24, 2.45) is 4.99 Å². The van der Waals surface area contributed by atoms with E-state index in [4.69, 9.17) is 23.7 Å². The predicted molar refractivity (Wildman–Crippen MR) is 133 cm³/mol. The lowest BCUT2D eigenvalue weighted by atomic mass is 9.95. The Labute approximate surface area is 210 Å². The summed E-state index contributed by atoms with van der Waals surface area (Å²) in [6.07, 6.45) is 1.78. The Hall–Kier alpha value is -4.05. The standard InChI is InChI=1S/C26H24N2O7S/c1-5-33-25(30)22-14(2)27-26-28(23(22)16-7-9-17(31-3)19(12-16)32-4)24(29)21(36-26)11-15-6-8-18-20(10-15)35-13-34-18/h6-12,23H,5,13H2,1-4H3/b21-11-/t23-/m0/s1. The average molecular weight is 509 g/mol. The monoisotopic (exact) mass is 508 g/mol. The van der Waals surface area contributed by atoms with E-state index < -0.39 is 12.0 Å². The molecule has 0 fully saturated rings. The molecule has 0 aliphatic carbocycles. The van der Waals surface area contributed by atoms with Gasteiger partial charge in [-0.25, -0.2) is 9.79 Å². The second kappa shape index (κ2) is 9.54. The molecular weight excluding hydrogens is 484 g/mol. The molecule has 0 spiro atoms. The van der Waals surface area contributed by atoms with E-state index >= 15 is 0 Å². The number of ether oxygens (including phenoxy) is 5. The minimum Gasteiger partial charge on any atom is -0.493 e. The molecule has 10 heteroatoms. The summed E-state index contributed by atoms with van der Waals surface area (Å²) in [4.78, 5) is 31.9. The third-order valence-corrected chi connectivity index (χ3v) is 6.92. The Morgan fingerprint density at radius 2 is 1.92 bits per heavy atom. The van der Waals surface area contributed by atoms with Crippen LogP contribution < -0.4 is 33.8 Å². The van der Waals surface area contributed by atoms with Gasteiger partial charge >= 0.3 is 5.97 Å². The van der Waals surface area contributed by atoms with Crippen molar-refractivity contribution >= 4 is 23.4 Å². The van der Waals surface area contributed by atoms with E-state index in [9.17, 15) is 9.59 Å². The fourth-order valence-corrected chi connectivity index (χ4v) is 5.33. The number of methoxy groups -OCH3 is 2. The molecule has 2 aliphatic heterocycles. The third-order valence-electron chi connectivity index (χ3n) is 5.93. The van der Waals surface area contributed by atoms with Gasteiger partial charge in [0.05, 0.1) is 42.7 Å². The Balaban J connectivity index is 1.70. The summed E-state index contributed by atoms with van der Waals surface area (Å²) >= 11 is 1.25. The fourth-order valence-electron chi connectivity index (χ4n) is 4.28. The minimum absolute atomic E-state index is 0.169. The van der Waals surface area contributed by atoms with Crippen LogP contribution in [-0.4, -0.2) is 38.2 Å². The summed E-state index contributed by atoms with van der Waals surface area (Å²) < 4.78 is 29.0. The number of aromatic nitrogens is 1. The molecule has 1 atom stereocenters. The predicted octanol–water partition coefficient (Wildman–Crippen LogP) is 2.54. The second-order valence-electron chi connectivity index (χ2n) is 8.03. The van der Waals surface area contributed by atoms with Gasteiger partial charge in [0.25, 0.3) is 5.56 Å². The van der Waals surface area contributed by atoms with E-state index in [-0.39, 0.29) is 19.0 Å². The molecule has 186 valence electrons. The van der Waals surface area contributed by atoms with Crippen molar-refractivity contribution in [2.75, 3.05) is 27.6 Å². The molecule has 0 saturated carbocycles. The van der Waals surface area contributed by atoms with Gasteiger partial charge in [-0.1, -0.05) is 23.5 Å². The fraction of sp³-hybridized carbons (Fsp3) is 0.269. The first-order chi connectivity index (χ1) is 17.4. The van der Waals surface area contributed by atoms with Crippen LogP contribution in [0.15, 0.2) is 57.5 Å². The van der Waals surface area contributed by atoms with Gasteiger partial charge < -0.3 is 23.7 Å². The lowest BCUT2D eigenvalue weighted by molar-refractivity contribution is -0.139. The molecule has 3 aromatic rings. The molecule has 0 radical (unpaired) electrons. The highest BCUT2D eigenvalue weighted by molar-refractivity contribution is 7.07. The van der Waals surface area contributed by atoms with E-state index in [1.165, 1.54) is 23.0 Å². The molecule has 2 aliphatic rings. The first kappa shape index (κ1) is 23.7. The van der Waals surface area contributed by atoms with Gasteiger partial charge in [0.15, 0.2) is 27.8 Å².